The number of benzene rings is 1. The molecule has 1 aromatic heterocycles. The van der Waals surface area contributed by atoms with E-state index in [0.29, 0.717) is 5.58 Å². The lowest BCUT2D eigenvalue weighted by molar-refractivity contribution is 0.385. The van der Waals surface area contributed by atoms with Crippen LogP contribution in [0.2, 0.25) is 0 Å². The van der Waals surface area contributed by atoms with Crippen LogP contribution >= 0.6 is 0 Å². The quantitative estimate of drug-likeness (QED) is 0.779. The van der Waals surface area contributed by atoms with Gasteiger partial charge in [0, 0.05) is 30.2 Å². The summed E-state index contributed by atoms with van der Waals surface area (Å²) in [7, 11) is 1.46. The van der Waals surface area contributed by atoms with E-state index in [4.69, 9.17) is 9.15 Å². The molecule has 18 heavy (non-hydrogen) atoms. The first-order valence-electron chi connectivity index (χ1n) is 6.06. The minimum atomic E-state index is -0.443. The van der Waals surface area contributed by atoms with Gasteiger partial charge in [-0.2, -0.15) is 0 Å². The molecule has 2 rings (SSSR count). The number of fused-ring (bicyclic) bond motifs is 1. The molecular weight excluding hydrogens is 230 g/mol. The van der Waals surface area contributed by atoms with Gasteiger partial charge >= 0.3 is 5.63 Å². The fraction of sp³-hybridized carbons (Fsp3) is 0.357. The molecule has 96 valence electrons. The molecule has 0 radical (unpaired) electrons. The van der Waals surface area contributed by atoms with Crippen molar-refractivity contribution in [2.24, 2.45) is 0 Å². The molecule has 0 fully saturated rings. The van der Waals surface area contributed by atoms with Crippen LogP contribution in [0.15, 0.2) is 33.5 Å². The average Bonchev–Trinajstić information content (AvgIpc) is 2.39. The summed E-state index contributed by atoms with van der Waals surface area (Å²) in [5.74, 6) is 0.234. The van der Waals surface area contributed by atoms with Crippen LogP contribution in [0.25, 0.3) is 11.0 Å². The first-order chi connectivity index (χ1) is 8.69. The van der Waals surface area contributed by atoms with Crippen LogP contribution in [0.5, 0.6) is 5.75 Å². The zero-order valence-corrected chi connectivity index (χ0v) is 10.9. The number of anilines is 1. The molecule has 0 aliphatic heterocycles. The van der Waals surface area contributed by atoms with Crippen LogP contribution in [0.4, 0.5) is 5.69 Å². The van der Waals surface area contributed by atoms with Crippen molar-refractivity contribution in [3.05, 3.63) is 34.7 Å². The van der Waals surface area contributed by atoms with Gasteiger partial charge in [-0.1, -0.05) is 0 Å². The summed E-state index contributed by atoms with van der Waals surface area (Å²) in [6, 6.07) is 7.56. The number of hydrogen-bond donors (Lipinski definition) is 0. The van der Waals surface area contributed by atoms with Crippen molar-refractivity contribution in [1.29, 1.82) is 0 Å². The molecule has 0 amide bonds. The normalized spacial score (nSPS) is 10.6. The molecule has 0 atom stereocenters. The smallest absolute Gasteiger partial charge is 0.379 e. The lowest BCUT2D eigenvalue weighted by atomic mass is 10.2. The highest BCUT2D eigenvalue weighted by molar-refractivity contribution is 5.81. The third kappa shape index (κ3) is 2.18. The Morgan fingerprint density at radius 3 is 2.56 bits per heavy atom. The van der Waals surface area contributed by atoms with Gasteiger partial charge in [0.15, 0.2) is 0 Å². The SMILES string of the molecule is CCN(CC)c1ccc2cc(OC)c(=O)oc2c1. The van der Waals surface area contributed by atoms with Gasteiger partial charge in [0.1, 0.15) is 5.58 Å². The molecule has 2 aromatic rings. The van der Waals surface area contributed by atoms with Crippen molar-refractivity contribution >= 4 is 16.7 Å². The fourth-order valence-electron chi connectivity index (χ4n) is 2.01. The predicted octanol–water partition coefficient (Wildman–Crippen LogP) is 2.65. The second kappa shape index (κ2) is 5.12. The summed E-state index contributed by atoms with van der Waals surface area (Å²) in [6.45, 7) is 6.03. The van der Waals surface area contributed by atoms with E-state index in [1.165, 1.54) is 7.11 Å². The van der Waals surface area contributed by atoms with Gasteiger partial charge in [-0.15, -0.1) is 0 Å². The molecule has 0 unspecified atom stereocenters. The standard InChI is InChI=1S/C14H17NO3/c1-4-15(5-2)11-7-6-10-8-13(17-3)14(16)18-12(10)9-11/h6-9H,4-5H2,1-3H3. The zero-order chi connectivity index (χ0) is 13.1. The highest BCUT2D eigenvalue weighted by Crippen LogP contribution is 2.23. The van der Waals surface area contributed by atoms with Crippen molar-refractivity contribution in [2.45, 2.75) is 13.8 Å². The lowest BCUT2D eigenvalue weighted by Crippen LogP contribution is -2.21. The Balaban J connectivity index is 2.55. The number of nitrogens with zero attached hydrogens (tertiary/aromatic N) is 1. The van der Waals surface area contributed by atoms with Crippen LogP contribution < -0.4 is 15.3 Å². The summed E-state index contributed by atoms with van der Waals surface area (Å²) in [5, 5.41) is 0.863. The number of rotatable bonds is 4. The van der Waals surface area contributed by atoms with E-state index in [-0.39, 0.29) is 5.75 Å². The second-order valence-electron chi connectivity index (χ2n) is 4.00. The van der Waals surface area contributed by atoms with E-state index in [1.807, 2.05) is 18.2 Å². The Morgan fingerprint density at radius 2 is 1.94 bits per heavy atom. The van der Waals surface area contributed by atoms with Gasteiger partial charge in [-0.3, -0.25) is 0 Å². The molecule has 0 spiro atoms. The average molecular weight is 247 g/mol. The summed E-state index contributed by atoms with van der Waals surface area (Å²) in [4.78, 5) is 13.8. The lowest BCUT2D eigenvalue weighted by Gasteiger charge is -2.20. The van der Waals surface area contributed by atoms with Gasteiger partial charge in [0.25, 0.3) is 0 Å². The minimum absolute atomic E-state index is 0.234. The Bertz CT molecular complexity index is 600. The highest BCUT2D eigenvalue weighted by atomic mass is 16.5. The predicted molar refractivity (Wildman–Crippen MR) is 72.6 cm³/mol. The Kier molecular flexibility index (Phi) is 3.55. The highest BCUT2D eigenvalue weighted by Gasteiger charge is 2.08. The van der Waals surface area contributed by atoms with Crippen molar-refractivity contribution in [3.63, 3.8) is 0 Å². The van der Waals surface area contributed by atoms with Crippen LogP contribution in [0, 0.1) is 0 Å². The summed E-state index contributed by atoms with van der Waals surface area (Å²) in [6.07, 6.45) is 0. The molecule has 0 saturated carbocycles. The molecule has 1 aromatic carbocycles. The van der Waals surface area contributed by atoms with E-state index in [2.05, 4.69) is 18.7 Å². The largest absolute Gasteiger partial charge is 0.490 e. The van der Waals surface area contributed by atoms with E-state index >= 15 is 0 Å². The van der Waals surface area contributed by atoms with Crippen LogP contribution in [0.3, 0.4) is 0 Å². The number of hydrogen-bond acceptors (Lipinski definition) is 4. The molecule has 0 saturated heterocycles. The van der Waals surface area contributed by atoms with Gasteiger partial charge < -0.3 is 14.1 Å². The third-order valence-corrected chi connectivity index (χ3v) is 3.04. The molecule has 0 aliphatic carbocycles. The van der Waals surface area contributed by atoms with Crippen molar-refractivity contribution in [2.75, 3.05) is 25.1 Å². The first kappa shape index (κ1) is 12.5. The Labute approximate surface area is 106 Å². The molecule has 0 aliphatic rings. The van der Waals surface area contributed by atoms with Crippen molar-refractivity contribution in [3.8, 4) is 5.75 Å². The maximum Gasteiger partial charge on any atom is 0.379 e. The summed E-state index contributed by atoms with van der Waals surface area (Å²) < 4.78 is 10.2. The molecule has 4 heteroatoms. The maximum absolute atomic E-state index is 11.6. The van der Waals surface area contributed by atoms with Crippen LogP contribution in [0.1, 0.15) is 13.8 Å². The third-order valence-electron chi connectivity index (χ3n) is 3.04. The van der Waals surface area contributed by atoms with Gasteiger partial charge in [-0.25, -0.2) is 4.79 Å². The van der Waals surface area contributed by atoms with E-state index in [9.17, 15) is 4.79 Å². The van der Waals surface area contributed by atoms with E-state index < -0.39 is 5.63 Å². The Morgan fingerprint density at radius 1 is 1.22 bits per heavy atom. The molecular formula is C14H17NO3. The number of ether oxygens (including phenoxy) is 1. The minimum Gasteiger partial charge on any atom is -0.490 e. The number of methoxy groups -OCH3 is 1. The van der Waals surface area contributed by atoms with E-state index in [1.54, 1.807) is 6.07 Å². The fourth-order valence-corrected chi connectivity index (χ4v) is 2.01. The first-order valence-corrected chi connectivity index (χ1v) is 6.06. The van der Waals surface area contributed by atoms with Crippen molar-refractivity contribution < 1.29 is 9.15 Å². The monoisotopic (exact) mass is 247 g/mol. The van der Waals surface area contributed by atoms with E-state index in [0.717, 1.165) is 24.2 Å². The van der Waals surface area contributed by atoms with Crippen molar-refractivity contribution in [1.82, 2.24) is 0 Å². The summed E-state index contributed by atoms with van der Waals surface area (Å²) >= 11 is 0. The molecule has 4 nitrogen and oxygen atoms in total. The zero-order valence-electron chi connectivity index (χ0n) is 10.9. The van der Waals surface area contributed by atoms with Gasteiger partial charge in [0.2, 0.25) is 5.75 Å². The van der Waals surface area contributed by atoms with Crippen LogP contribution in [-0.2, 0) is 0 Å². The maximum atomic E-state index is 11.6. The van der Waals surface area contributed by atoms with Crippen LogP contribution in [-0.4, -0.2) is 20.2 Å². The second-order valence-corrected chi connectivity index (χ2v) is 4.00. The molecule has 0 N–H and O–H groups in total. The topological polar surface area (TPSA) is 42.7 Å². The van der Waals surface area contributed by atoms with Gasteiger partial charge in [0.05, 0.1) is 7.11 Å². The Hall–Kier alpha value is -1.97. The molecule has 0 bridgehead atoms. The van der Waals surface area contributed by atoms with Gasteiger partial charge in [-0.05, 0) is 32.0 Å². The molecule has 1 heterocycles. The summed E-state index contributed by atoms with van der Waals surface area (Å²) in [5.41, 5.74) is 1.20.